The summed E-state index contributed by atoms with van der Waals surface area (Å²) in [5.41, 5.74) is 6.50. The number of nitrogens with one attached hydrogen (secondary N) is 1. The Morgan fingerprint density at radius 2 is 1.86 bits per heavy atom. The van der Waals surface area contributed by atoms with Crippen LogP contribution in [0.15, 0.2) is 24.3 Å². The van der Waals surface area contributed by atoms with Gasteiger partial charge in [0.2, 0.25) is 5.91 Å². The van der Waals surface area contributed by atoms with E-state index in [0.29, 0.717) is 5.56 Å². The van der Waals surface area contributed by atoms with Crippen LogP contribution in [0.1, 0.15) is 25.8 Å². The Bertz CT molecular complexity index is 487. The highest BCUT2D eigenvalue weighted by atomic mass is 16.4. The molecule has 6 nitrogen and oxygen atoms in total. The van der Waals surface area contributed by atoms with Gasteiger partial charge in [-0.25, -0.2) is 4.79 Å². The third-order valence-electron chi connectivity index (χ3n) is 3.55. The molecule has 0 aliphatic carbocycles. The number of carboxylic acid groups (broad SMARTS) is 1. The quantitative estimate of drug-likeness (QED) is 0.596. The van der Waals surface area contributed by atoms with Crippen LogP contribution in [0.3, 0.4) is 0 Å². The van der Waals surface area contributed by atoms with Crippen molar-refractivity contribution in [1.82, 2.24) is 5.32 Å². The topological polar surface area (TPSA) is 113 Å². The number of rotatable bonds is 7. The molecule has 0 bridgehead atoms. The van der Waals surface area contributed by atoms with Crippen LogP contribution in [-0.4, -0.2) is 34.2 Å². The number of phenols is 1. The van der Waals surface area contributed by atoms with Crippen molar-refractivity contribution in [2.24, 2.45) is 11.7 Å². The molecule has 6 heteroatoms. The SMILES string of the molecule is CC[C@@H](C)[C@@H](N)C(=O)N[C@@H](Cc1ccc(O)cc1)C(=O)O. The van der Waals surface area contributed by atoms with E-state index in [1.54, 1.807) is 12.1 Å². The van der Waals surface area contributed by atoms with E-state index in [1.165, 1.54) is 12.1 Å². The van der Waals surface area contributed by atoms with Crippen LogP contribution in [0.5, 0.6) is 5.75 Å². The van der Waals surface area contributed by atoms with Gasteiger partial charge >= 0.3 is 5.97 Å². The standard InChI is InChI=1S/C15H22N2O4/c1-3-9(2)13(16)14(19)17-12(15(20)21)8-10-4-6-11(18)7-5-10/h4-7,9,12-13,18H,3,8,16H2,1-2H3,(H,17,19)(H,20,21)/t9-,12+,13-/m1/s1. The van der Waals surface area contributed by atoms with Gasteiger partial charge in [-0.2, -0.15) is 0 Å². The average Bonchev–Trinajstić information content (AvgIpc) is 2.46. The van der Waals surface area contributed by atoms with E-state index in [4.69, 9.17) is 5.73 Å². The Morgan fingerprint density at radius 3 is 2.33 bits per heavy atom. The molecule has 0 saturated heterocycles. The van der Waals surface area contributed by atoms with Gasteiger partial charge in [-0.15, -0.1) is 0 Å². The summed E-state index contributed by atoms with van der Waals surface area (Å²) in [6.07, 6.45) is 0.874. The molecule has 0 heterocycles. The molecule has 0 fully saturated rings. The molecule has 0 saturated carbocycles. The number of nitrogens with two attached hydrogens (primary N) is 1. The second-order valence-electron chi connectivity index (χ2n) is 5.18. The molecule has 1 rings (SSSR count). The van der Waals surface area contributed by atoms with Gasteiger partial charge in [0.25, 0.3) is 0 Å². The molecule has 1 aromatic rings. The molecule has 0 unspecified atom stereocenters. The molecule has 0 aliphatic heterocycles. The molecule has 0 aromatic heterocycles. The maximum Gasteiger partial charge on any atom is 0.326 e. The van der Waals surface area contributed by atoms with Gasteiger partial charge in [-0.05, 0) is 23.6 Å². The van der Waals surface area contributed by atoms with E-state index >= 15 is 0 Å². The fourth-order valence-corrected chi connectivity index (χ4v) is 1.85. The lowest BCUT2D eigenvalue weighted by atomic mass is 9.98. The molecule has 1 aromatic carbocycles. The molecule has 0 spiro atoms. The van der Waals surface area contributed by atoms with Gasteiger partial charge < -0.3 is 21.3 Å². The highest BCUT2D eigenvalue weighted by molar-refractivity contribution is 5.87. The first-order chi connectivity index (χ1) is 9.85. The van der Waals surface area contributed by atoms with Crippen LogP contribution in [0.2, 0.25) is 0 Å². The molecule has 1 amide bonds. The molecule has 0 radical (unpaired) electrons. The second kappa shape index (κ2) is 7.64. The van der Waals surface area contributed by atoms with Gasteiger partial charge in [-0.1, -0.05) is 32.4 Å². The first kappa shape index (κ1) is 17.0. The van der Waals surface area contributed by atoms with Crippen LogP contribution in [0.25, 0.3) is 0 Å². The van der Waals surface area contributed by atoms with Crippen molar-refractivity contribution in [2.45, 2.75) is 38.8 Å². The zero-order chi connectivity index (χ0) is 16.0. The van der Waals surface area contributed by atoms with Crippen LogP contribution in [0, 0.1) is 5.92 Å². The summed E-state index contributed by atoms with van der Waals surface area (Å²) in [6, 6.07) is 4.41. The van der Waals surface area contributed by atoms with Crippen LogP contribution >= 0.6 is 0 Å². The van der Waals surface area contributed by atoms with Crippen molar-refractivity contribution in [1.29, 1.82) is 0 Å². The lowest BCUT2D eigenvalue weighted by molar-refractivity contribution is -0.142. The first-order valence-corrected chi connectivity index (χ1v) is 6.91. The van der Waals surface area contributed by atoms with Crippen molar-refractivity contribution >= 4 is 11.9 Å². The number of phenolic OH excluding ortho intramolecular Hbond substituents is 1. The summed E-state index contributed by atoms with van der Waals surface area (Å²) in [7, 11) is 0. The summed E-state index contributed by atoms with van der Waals surface area (Å²) in [4.78, 5) is 23.2. The largest absolute Gasteiger partial charge is 0.508 e. The number of aromatic hydroxyl groups is 1. The number of carbonyl (C=O) groups is 2. The average molecular weight is 294 g/mol. The zero-order valence-corrected chi connectivity index (χ0v) is 12.2. The third-order valence-corrected chi connectivity index (χ3v) is 3.55. The van der Waals surface area contributed by atoms with E-state index in [1.807, 2.05) is 13.8 Å². The molecule has 21 heavy (non-hydrogen) atoms. The predicted octanol–water partition coefficient (Wildman–Crippen LogP) is 0.877. The molecule has 5 N–H and O–H groups in total. The summed E-state index contributed by atoms with van der Waals surface area (Å²) in [5.74, 6) is -1.50. The van der Waals surface area contributed by atoms with Gasteiger partial charge in [-0.3, -0.25) is 4.79 Å². The first-order valence-electron chi connectivity index (χ1n) is 6.91. The Hall–Kier alpha value is -2.08. The summed E-state index contributed by atoms with van der Waals surface area (Å²) >= 11 is 0. The zero-order valence-electron chi connectivity index (χ0n) is 12.2. The van der Waals surface area contributed by atoms with E-state index < -0.39 is 24.0 Å². The third kappa shape index (κ3) is 5.07. The Morgan fingerprint density at radius 1 is 1.29 bits per heavy atom. The van der Waals surface area contributed by atoms with Gasteiger partial charge in [0.05, 0.1) is 6.04 Å². The van der Waals surface area contributed by atoms with Crippen molar-refractivity contribution in [3.63, 3.8) is 0 Å². The highest BCUT2D eigenvalue weighted by Gasteiger charge is 2.25. The van der Waals surface area contributed by atoms with Crippen LogP contribution in [0.4, 0.5) is 0 Å². The van der Waals surface area contributed by atoms with Gasteiger partial charge in [0.1, 0.15) is 11.8 Å². The van der Waals surface area contributed by atoms with Crippen molar-refractivity contribution in [3.8, 4) is 5.75 Å². The Kier molecular flexibility index (Phi) is 6.17. The Balaban J connectivity index is 2.72. The lowest BCUT2D eigenvalue weighted by Gasteiger charge is -2.21. The molecular formula is C15H22N2O4. The summed E-state index contributed by atoms with van der Waals surface area (Å²) in [5, 5.41) is 20.9. The minimum absolute atomic E-state index is 0.0203. The Labute approximate surface area is 124 Å². The van der Waals surface area contributed by atoms with E-state index in [9.17, 15) is 19.8 Å². The number of carboxylic acids is 1. The summed E-state index contributed by atoms with van der Waals surface area (Å²) < 4.78 is 0. The number of hydrogen-bond donors (Lipinski definition) is 4. The molecular weight excluding hydrogens is 272 g/mol. The van der Waals surface area contributed by atoms with Crippen molar-refractivity contribution < 1.29 is 19.8 Å². The van der Waals surface area contributed by atoms with Gasteiger partial charge in [0, 0.05) is 6.42 Å². The fraction of sp³-hybridized carbons (Fsp3) is 0.467. The molecule has 116 valence electrons. The highest BCUT2D eigenvalue weighted by Crippen LogP contribution is 2.12. The van der Waals surface area contributed by atoms with Gasteiger partial charge in [0.15, 0.2) is 0 Å². The second-order valence-corrected chi connectivity index (χ2v) is 5.18. The number of carbonyl (C=O) groups excluding carboxylic acids is 1. The maximum absolute atomic E-state index is 12.0. The van der Waals surface area contributed by atoms with Crippen molar-refractivity contribution in [3.05, 3.63) is 29.8 Å². The number of hydrogen-bond acceptors (Lipinski definition) is 4. The lowest BCUT2D eigenvalue weighted by Crippen LogP contribution is -2.51. The fourth-order valence-electron chi connectivity index (χ4n) is 1.85. The smallest absolute Gasteiger partial charge is 0.326 e. The number of amides is 1. The van der Waals surface area contributed by atoms with Crippen molar-refractivity contribution in [2.75, 3.05) is 0 Å². The summed E-state index contributed by atoms with van der Waals surface area (Å²) in [6.45, 7) is 3.77. The van der Waals surface area contributed by atoms with E-state index in [-0.39, 0.29) is 18.1 Å². The maximum atomic E-state index is 12.0. The van der Waals surface area contributed by atoms with Crippen LogP contribution < -0.4 is 11.1 Å². The van der Waals surface area contributed by atoms with E-state index in [0.717, 1.165) is 6.42 Å². The minimum Gasteiger partial charge on any atom is -0.508 e. The number of benzene rings is 1. The monoisotopic (exact) mass is 294 g/mol. The number of aliphatic carboxylic acids is 1. The minimum atomic E-state index is -1.12. The molecule has 3 atom stereocenters. The van der Waals surface area contributed by atoms with Crippen LogP contribution in [-0.2, 0) is 16.0 Å². The molecule has 0 aliphatic rings. The van der Waals surface area contributed by atoms with E-state index in [2.05, 4.69) is 5.32 Å². The predicted molar refractivity (Wildman–Crippen MR) is 78.8 cm³/mol. The normalized spacial score (nSPS) is 15.0.